The smallest absolute Gasteiger partial charge is 0.237 e. The predicted molar refractivity (Wildman–Crippen MR) is 111 cm³/mol. The second-order valence-corrected chi connectivity index (χ2v) is 8.35. The minimum Gasteiger partial charge on any atom is -0.369 e. The molecule has 0 spiro atoms. The molecule has 0 fully saturated rings. The molecular formula is C22H22ClFN4O. The standard InChI is InChI=1S/C22H22ClFN4O/c1-21(2)19(29)28(4)20(26)27-22(21,3)16-10-13(6-8-18(16)24)9-15-7-5-14(12-25)11-17(15)23/h5-8,10-11H,9H2,1-4H3,(H2,26,27)/t22-/m1/s1. The van der Waals surface area contributed by atoms with E-state index >= 15 is 0 Å². The van der Waals surface area contributed by atoms with E-state index in [1.807, 2.05) is 6.07 Å². The number of amides is 1. The van der Waals surface area contributed by atoms with Gasteiger partial charge in [-0.3, -0.25) is 9.69 Å². The first kappa shape index (κ1) is 20.8. The van der Waals surface area contributed by atoms with Crippen molar-refractivity contribution in [1.82, 2.24) is 4.90 Å². The van der Waals surface area contributed by atoms with Crippen LogP contribution in [0.5, 0.6) is 0 Å². The number of halogens is 2. The largest absolute Gasteiger partial charge is 0.369 e. The first-order valence-corrected chi connectivity index (χ1v) is 9.50. The van der Waals surface area contributed by atoms with Crippen LogP contribution in [0.15, 0.2) is 41.4 Å². The molecule has 5 nitrogen and oxygen atoms in total. The van der Waals surface area contributed by atoms with Gasteiger partial charge in [-0.15, -0.1) is 0 Å². The summed E-state index contributed by atoms with van der Waals surface area (Å²) in [6.45, 7) is 5.21. The van der Waals surface area contributed by atoms with Crippen molar-refractivity contribution in [1.29, 1.82) is 5.26 Å². The van der Waals surface area contributed by atoms with Crippen molar-refractivity contribution in [3.05, 3.63) is 69.5 Å². The van der Waals surface area contributed by atoms with Crippen LogP contribution in [-0.4, -0.2) is 23.8 Å². The maximum atomic E-state index is 14.9. The van der Waals surface area contributed by atoms with E-state index < -0.39 is 16.8 Å². The molecule has 0 bridgehead atoms. The lowest BCUT2D eigenvalue weighted by atomic mass is 9.67. The van der Waals surface area contributed by atoms with E-state index in [1.165, 1.54) is 11.0 Å². The van der Waals surface area contributed by atoms with Gasteiger partial charge in [0, 0.05) is 17.6 Å². The molecule has 3 rings (SSSR count). The van der Waals surface area contributed by atoms with Crippen molar-refractivity contribution < 1.29 is 9.18 Å². The topological polar surface area (TPSA) is 82.5 Å². The summed E-state index contributed by atoms with van der Waals surface area (Å²) in [5, 5.41) is 9.46. The minimum atomic E-state index is -1.17. The Bertz CT molecular complexity index is 1070. The second-order valence-electron chi connectivity index (χ2n) is 7.94. The van der Waals surface area contributed by atoms with Gasteiger partial charge in [-0.2, -0.15) is 5.26 Å². The van der Waals surface area contributed by atoms with E-state index in [9.17, 15) is 9.18 Å². The van der Waals surface area contributed by atoms with Gasteiger partial charge in [0.1, 0.15) is 11.4 Å². The average Bonchev–Trinajstić information content (AvgIpc) is 2.68. The highest BCUT2D eigenvalue weighted by Crippen LogP contribution is 2.47. The molecule has 2 aromatic carbocycles. The first-order valence-electron chi connectivity index (χ1n) is 9.12. The Labute approximate surface area is 174 Å². The zero-order valence-electron chi connectivity index (χ0n) is 16.8. The number of nitriles is 1. The molecule has 0 aliphatic carbocycles. The number of guanidine groups is 1. The van der Waals surface area contributed by atoms with E-state index in [1.54, 1.807) is 58.2 Å². The third-order valence-electron chi connectivity index (χ3n) is 5.87. The lowest BCUT2D eigenvalue weighted by molar-refractivity contribution is -0.140. The molecule has 1 aliphatic rings. The molecule has 0 saturated heterocycles. The van der Waals surface area contributed by atoms with Crippen LogP contribution in [0.2, 0.25) is 5.02 Å². The zero-order chi connectivity index (χ0) is 21.6. The molecular weight excluding hydrogens is 391 g/mol. The van der Waals surface area contributed by atoms with Gasteiger partial charge in [-0.05, 0) is 56.5 Å². The highest BCUT2D eigenvalue weighted by atomic mass is 35.5. The fourth-order valence-electron chi connectivity index (χ4n) is 3.61. The number of hydrogen-bond acceptors (Lipinski definition) is 4. The van der Waals surface area contributed by atoms with Crippen molar-refractivity contribution in [3.8, 4) is 6.07 Å². The number of carbonyl (C=O) groups excluding carboxylic acids is 1. The van der Waals surface area contributed by atoms with Crippen LogP contribution in [0.1, 0.15) is 43.0 Å². The lowest BCUT2D eigenvalue weighted by Gasteiger charge is -2.46. The van der Waals surface area contributed by atoms with Gasteiger partial charge < -0.3 is 5.73 Å². The molecule has 2 N–H and O–H groups in total. The Morgan fingerprint density at radius 1 is 1.24 bits per heavy atom. The van der Waals surface area contributed by atoms with Crippen molar-refractivity contribution >= 4 is 23.5 Å². The number of rotatable bonds is 3. The Morgan fingerprint density at radius 3 is 2.55 bits per heavy atom. The van der Waals surface area contributed by atoms with E-state index in [0.29, 0.717) is 22.6 Å². The predicted octanol–water partition coefficient (Wildman–Crippen LogP) is 3.97. The summed E-state index contributed by atoms with van der Waals surface area (Å²) in [5.74, 6) is -0.631. The van der Waals surface area contributed by atoms with Gasteiger partial charge >= 0.3 is 0 Å². The van der Waals surface area contributed by atoms with Gasteiger partial charge in [0.15, 0.2) is 5.96 Å². The number of carbonyl (C=O) groups is 1. The van der Waals surface area contributed by atoms with Crippen LogP contribution in [0, 0.1) is 22.6 Å². The van der Waals surface area contributed by atoms with Gasteiger partial charge in [0.2, 0.25) is 5.91 Å². The van der Waals surface area contributed by atoms with Crippen molar-refractivity contribution in [3.63, 3.8) is 0 Å². The summed E-state index contributed by atoms with van der Waals surface area (Å²) in [6, 6.07) is 11.9. The van der Waals surface area contributed by atoms with E-state index in [4.69, 9.17) is 22.6 Å². The molecule has 1 heterocycles. The molecule has 1 aliphatic heterocycles. The first-order chi connectivity index (χ1) is 13.5. The molecule has 7 heteroatoms. The summed E-state index contributed by atoms with van der Waals surface area (Å²) in [4.78, 5) is 18.6. The monoisotopic (exact) mass is 412 g/mol. The molecule has 29 heavy (non-hydrogen) atoms. The summed E-state index contributed by atoms with van der Waals surface area (Å²) in [6.07, 6.45) is 0.446. The Hall–Kier alpha value is -2.91. The number of aliphatic imine (C=N–C) groups is 1. The van der Waals surface area contributed by atoms with Gasteiger partial charge in [-0.25, -0.2) is 9.38 Å². The maximum Gasteiger partial charge on any atom is 0.237 e. The molecule has 150 valence electrons. The van der Waals surface area contributed by atoms with Crippen molar-refractivity contribution in [2.75, 3.05) is 7.05 Å². The number of nitrogens with zero attached hydrogens (tertiary/aromatic N) is 3. The fourth-order valence-corrected chi connectivity index (χ4v) is 3.86. The Balaban J connectivity index is 2.08. The highest BCUT2D eigenvalue weighted by Gasteiger charge is 2.53. The summed E-state index contributed by atoms with van der Waals surface area (Å²) < 4.78 is 14.9. The number of nitrogens with two attached hydrogens (primary N) is 1. The molecule has 2 aromatic rings. The molecule has 0 radical (unpaired) electrons. The SMILES string of the molecule is CN1C(=O)C(C)(C)[C@@](C)(c2cc(Cc3ccc(C#N)cc3Cl)ccc2F)N=C1N. The molecule has 0 saturated carbocycles. The van der Waals surface area contributed by atoms with Crippen molar-refractivity contribution in [2.24, 2.45) is 16.1 Å². The van der Waals surface area contributed by atoms with Crippen LogP contribution in [0.3, 0.4) is 0 Å². The Kier molecular flexibility index (Phi) is 5.14. The summed E-state index contributed by atoms with van der Waals surface area (Å²) >= 11 is 6.29. The fraction of sp³-hybridized carbons (Fsp3) is 0.318. The minimum absolute atomic E-state index is 0.0526. The number of benzene rings is 2. The third kappa shape index (κ3) is 3.36. The van der Waals surface area contributed by atoms with Crippen LogP contribution in [0.25, 0.3) is 0 Å². The lowest BCUT2D eigenvalue weighted by Crippen LogP contribution is -2.58. The quantitative estimate of drug-likeness (QED) is 0.827. The van der Waals surface area contributed by atoms with Crippen LogP contribution in [-0.2, 0) is 16.8 Å². The Morgan fingerprint density at radius 2 is 1.93 bits per heavy atom. The van der Waals surface area contributed by atoms with Gasteiger partial charge in [0.05, 0.1) is 17.0 Å². The number of hydrogen-bond donors (Lipinski definition) is 1. The van der Waals surface area contributed by atoms with Crippen LogP contribution in [0.4, 0.5) is 4.39 Å². The summed E-state index contributed by atoms with van der Waals surface area (Å²) in [5.41, 5.74) is 6.18. The third-order valence-corrected chi connectivity index (χ3v) is 6.22. The van der Waals surface area contributed by atoms with Crippen LogP contribution < -0.4 is 5.73 Å². The van der Waals surface area contributed by atoms with Gasteiger partial charge in [-0.1, -0.05) is 29.8 Å². The molecule has 1 amide bonds. The van der Waals surface area contributed by atoms with E-state index in [-0.39, 0.29) is 11.9 Å². The zero-order valence-corrected chi connectivity index (χ0v) is 17.5. The van der Waals surface area contributed by atoms with E-state index in [0.717, 1.165) is 11.1 Å². The molecule has 0 aromatic heterocycles. The van der Waals surface area contributed by atoms with E-state index in [2.05, 4.69) is 4.99 Å². The normalized spacial score (nSPS) is 20.9. The van der Waals surface area contributed by atoms with Crippen LogP contribution >= 0.6 is 11.6 Å². The second kappa shape index (κ2) is 7.16. The average molecular weight is 413 g/mol. The molecule has 0 unspecified atom stereocenters. The highest BCUT2D eigenvalue weighted by molar-refractivity contribution is 6.31. The molecule has 1 atom stereocenters. The van der Waals surface area contributed by atoms with Gasteiger partial charge in [0.25, 0.3) is 0 Å². The maximum absolute atomic E-state index is 14.9. The van der Waals surface area contributed by atoms with Crippen molar-refractivity contribution in [2.45, 2.75) is 32.7 Å². The summed E-state index contributed by atoms with van der Waals surface area (Å²) in [7, 11) is 1.56.